The Morgan fingerprint density at radius 2 is 1.73 bits per heavy atom. The van der Waals surface area contributed by atoms with Crippen molar-refractivity contribution >= 4 is 17.7 Å². The predicted octanol–water partition coefficient (Wildman–Crippen LogP) is 1.77. The first-order chi connectivity index (χ1) is 12.3. The second-order valence-corrected chi connectivity index (χ2v) is 8.50. The minimum atomic E-state index is -0.852. The van der Waals surface area contributed by atoms with Crippen molar-refractivity contribution in [3.8, 4) is 0 Å². The average Bonchev–Trinajstić information content (AvgIpc) is 3.14. The highest BCUT2D eigenvalue weighted by molar-refractivity contribution is 6.08. The number of aliphatic hydroxyl groups is 1. The molecule has 6 heteroatoms. The largest absolute Gasteiger partial charge is 0.388 e. The van der Waals surface area contributed by atoms with Gasteiger partial charge in [0.25, 0.3) is 0 Å². The fourth-order valence-electron chi connectivity index (χ4n) is 4.49. The van der Waals surface area contributed by atoms with Crippen LogP contribution in [0.15, 0.2) is 12.2 Å². The number of rotatable bonds is 6. The molecule has 1 aliphatic heterocycles. The van der Waals surface area contributed by atoms with E-state index in [-0.39, 0.29) is 42.0 Å². The lowest BCUT2D eigenvalue weighted by atomic mass is 9.85. The Morgan fingerprint density at radius 3 is 2.23 bits per heavy atom. The summed E-state index contributed by atoms with van der Waals surface area (Å²) in [6.45, 7) is 4.14. The van der Waals surface area contributed by atoms with Gasteiger partial charge in [-0.2, -0.15) is 0 Å². The van der Waals surface area contributed by atoms with Crippen LogP contribution in [0.2, 0.25) is 0 Å². The molecule has 2 fully saturated rings. The second kappa shape index (κ2) is 7.51. The Kier molecular flexibility index (Phi) is 5.51. The highest BCUT2D eigenvalue weighted by Gasteiger charge is 2.51. The number of hydrogen-bond donors (Lipinski definition) is 2. The number of carbonyl (C=O) groups excluding carboxylic acids is 3. The highest BCUT2D eigenvalue weighted by Crippen LogP contribution is 2.37. The van der Waals surface area contributed by atoms with Crippen LogP contribution in [0.5, 0.6) is 0 Å². The normalized spacial score (nSPS) is 28.5. The molecule has 144 valence electrons. The van der Waals surface area contributed by atoms with Crippen molar-refractivity contribution in [3.05, 3.63) is 12.2 Å². The van der Waals surface area contributed by atoms with Crippen molar-refractivity contribution in [2.75, 3.05) is 6.54 Å². The van der Waals surface area contributed by atoms with Gasteiger partial charge in [0.2, 0.25) is 17.7 Å². The van der Waals surface area contributed by atoms with E-state index in [4.69, 9.17) is 0 Å². The lowest BCUT2D eigenvalue weighted by molar-refractivity contribution is -0.148. The van der Waals surface area contributed by atoms with Gasteiger partial charge in [-0.3, -0.25) is 19.3 Å². The van der Waals surface area contributed by atoms with Crippen molar-refractivity contribution in [1.82, 2.24) is 10.2 Å². The topological polar surface area (TPSA) is 86.7 Å². The van der Waals surface area contributed by atoms with E-state index in [0.717, 1.165) is 12.8 Å². The number of carbonyl (C=O) groups is 3. The first-order valence-electron chi connectivity index (χ1n) is 9.84. The quantitative estimate of drug-likeness (QED) is 0.557. The predicted molar refractivity (Wildman–Crippen MR) is 96.9 cm³/mol. The van der Waals surface area contributed by atoms with Crippen molar-refractivity contribution in [2.24, 2.45) is 17.8 Å². The van der Waals surface area contributed by atoms with E-state index in [2.05, 4.69) is 5.32 Å². The summed E-state index contributed by atoms with van der Waals surface area (Å²) in [5, 5.41) is 13.3. The summed E-state index contributed by atoms with van der Waals surface area (Å²) in [5.74, 6) is -1.24. The van der Waals surface area contributed by atoms with Gasteiger partial charge in [0.15, 0.2) is 0 Å². The summed E-state index contributed by atoms with van der Waals surface area (Å²) < 4.78 is 0. The molecule has 26 heavy (non-hydrogen) atoms. The van der Waals surface area contributed by atoms with E-state index in [1.165, 1.54) is 4.90 Å². The maximum absolute atomic E-state index is 12.9. The zero-order valence-electron chi connectivity index (χ0n) is 15.7. The molecule has 3 rings (SSSR count). The Morgan fingerprint density at radius 1 is 1.19 bits per heavy atom. The van der Waals surface area contributed by atoms with Crippen LogP contribution in [-0.4, -0.2) is 45.9 Å². The van der Waals surface area contributed by atoms with Gasteiger partial charge < -0.3 is 10.4 Å². The second-order valence-electron chi connectivity index (χ2n) is 8.50. The molecule has 3 aliphatic rings. The van der Waals surface area contributed by atoms with Crippen LogP contribution >= 0.6 is 0 Å². The van der Waals surface area contributed by atoms with E-state index in [1.807, 2.05) is 26.0 Å². The van der Waals surface area contributed by atoms with Gasteiger partial charge >= 0.3 is 0 Å². The number of hydrogen-bond acceptors (Lipinski definition) is 4. The SMILES string of the molecule is CC(C)C[C@@H](C(=O)NCC1(O)CCCC1)N1C(=O)[C@H]2CC=CC[C@H]2C1=O. The zero-order chi connectivity index (χ0) is 18.9. The van der Waals surface area contributed by atoms with E-state index in [1.54, 1.807) is 0 Å². The smallest absolute Gasteiger partial charge is 0.243 e. The van der Waals surface area contributed by atoms with Gasteiger partial charge in [-0.25, -0.2) is 0 Å². The van der Waals surface area contributed by atoms with Gasteiger partial charge in [0, 0.05) is 6.54 Å². The Labute approximate surface area is 155 Å². The summed E-state index contributed by atoms with van der Waals surface area (Å²) in [5.41, 5.74) is -0.852. The summed E-state index contributed by atoms with van der Waals surface area (Å²) >= 11 is 0. The lowest BCUT2D eigenvalue weighted by Gasteiger charge is -2.29. The molecule has 0 aromatic carbocycles. The fraction of sp³-hybridized carbons (Fsp3) is 0.750. The fourth-order valence-corrected chi connectivity index (χ4v) is 4.49. The first-order valence-corrected chi connectivity index (χ1v) is 9.84. The molecular weight excluding hydrogens is 332 g/mol. The molecule has 0 spiro atoms. The van der Waals surface area contributed by atoms with Crippen molar-refractivity contribution in [3.63, 3.8) is 0 Å². The molecule has 6 nitrogen and oxygen atoms in total. The van der Waals surface area contributed by atoms with Gasteiger partial charge in [-0.1, -0.05) is 38.8 Å². The number of nitrogens with zero attached hydrogens (tertiary/aromatic N) is 1. The molecular formula is C20H30N2O4. The molecule has 2 aliphatic carbocycles. The third-order valence-electron chi connectivity index (χ3n) is 5.98. The molecule has 1 heterocycles. The first kappa shape index (κ1) is 19.1. The molecule has 0 bridgehead atoms. The van der Waals surface area contributed by atoms with Crippen LogP contribution in [0.4, 0.5) is 0 Å². The molecule has 0 unspecified atom stereocenters. The number of fused-ring (bicyclic) bond motifs is 1. The van der Waals surface area contributed by atoms with E-state index >= 15 is 0 Å². The standard InChI is InChI=1S/C20H30N2O4/c1-13(2)11-16(17(23)21-12-20(26)9-5-6-10-20)22-18(24)14-7-3-4-8-15(14)19(22)25/h3-4,13-16,26H,5-12H2,1-2H3,(H,21,23)/t14-,15+,16-/m0/s1. The van der Waals surface area contributed by atoms with E-state index in [0.29, 0.717) is 32.1 Å². The number of allylic oxidation sites excluding steroid dienone is 2. The third kappa shape index (κ3) is 3.70. The summed E-state index contributed by atoms with van der Waals surface area (Å²) in [6, 6.07) is -0.786. The van der Waals surface area contributed by atoms with Crippen LogP contribution in [0, 0.1) is 17.8 Å². The summed E-state index contributed by atoms with van der Waals surface area (Å²) in [6.07, 6.45) is 8.76. The molecule has 0 aromatic heterocycles. The zero-order valence-corrected chi connectivity index (χ0v) is 15.7. The number of imide groups is 1. The van der Waals surface area contributed by atoms with E-state index in [9.17, 15) is 19.5 Å². The number of nitrogens with one attached hydrogen (secondary N) is 1. The van der Waals surface area contributed by atoms with Crippen LogP contribution < -0.4 is 5.32 Å². The average molecular weight is 362 g/mol. The third-order valence-corrected chi connectivity index (χ3v) is 5.98. The minimum absolute atomic E-state index is 0.168. The summed E-state index contributed by atoms with van der Waals surface area (Å²) in [7, 11) is 0. The van der Waals surface area contributed by atoms with E-state index < -0.39 is 11.6 Å². The Hall–Kier alpha value is -1.69. The van der Waals surface area contributed by atoms with Gasteiger partial charge in [-0.15, -0.1) is 0 Å². The van der Waals surface area contributed by atoms with Crippen molar-refractivity contribution in [2.45, 2.75) is 70.4 Å². The van der Waals surface area contributed by atoms with Crippen molar-refractivity contribution < 1.29 is 19.5 Å². The van der Waals surface area contributed by atoms with Gasteiger partial charge in [0.1, 0.15) is 6.04 Å². The maximum atomic E-state index is 12.9. The monoisotopic (exact) mass is 362 g/mol. The number of likely N-dealkylation sites (tertiary alicyclic amines) is 1. The Bertz CT molecular complexity index is 581. The van der Waals surface area contributed by atoms with Crippen LogP contribution in [0.3, 0.4) is 0 Å². The van der Waals surface area contributed by atoms with Crippen molar-refractivity contribution in [1.29, 1.82) is 0 Å². The molecule has 1 saturated carbocycles. The summed E-state index contributed by atoms with van der Waals surface area (Å²) in [4.78, 5) is 39.8. The number of amides is 3. The van der Waals surface area contributed by atoms with Gasteiger partial charge in [-0.05, 0) is 38.0 Å². The molecule has 0 aromatic rings. The molecule has 3 amide bonds. The molecule has 0 radical (unpaired) electrons. The molecule has 2 N–H and O–H groups in total. The molecule has 3 atom stereocenters. The lowest BCUT2D eigenvalue weighted by Crippen LogP contribution is -2.53. The minimum Gasteiger partial charge on any atom is -0.388 e. The molecule has 1 saturated heterocycles. The highest BCUT2D eigenvalue weighted by atomic mass is 16.3. The van der Waals surface area contributed by atoms with Gasteiger partial charge in [0.05, 0.1) is 17.4 Å². The van der Waals surface area contributed by atoms with Crippen LogP contribution in [0.1, 0.15) is 58.8 Å². The maximum Gasteiger partial charge on any atom is 0.243 e. The van der Waals surface area contributed by atoms with Crippen LogP contribution in [-0.2, 0) is 14.4 Å². The van der Waals surface area contributed by atoms with Crippen LogP contribution in [0.25, 0.3) is 0 Å². The Balaban J connectivity index is 1.74.